The van der Waals surface area contributed by atoms with Crippen LogP contribution in [0.15, 0.2) is 30.7 Å². The fourth-order valence-corrected chi connectivity index (χ4v) is 4.31. The summed E-state index contributed by atoms with van der Waals surface area (Å²) in [7, 11) is 1.61. The number of hydrogen-bond donors (Lipinski definition) is 1. The maximum Gasteiger partial charge on any atom is 0.169 e. The molecule has 1 aromatic heterocycles. The zero-order chi connectivity index (χ0) is 21.5. The van der Waals surface area contributed by atoms with Crippen LogP contribution in [0.25, 0.3) is 17.0 Å². The Balaban J connectivity index is 1.67. The Labute approximate surface area is 188 Å². The Kier molecular flexibility index (Phi) is 5.33. The largest absolute Gasteiger partial charge is 0.493 e. The van der Waals surface area contributed by atoms with Gasteiger partial charge in [0.25, 0.3) is 0 Å². The minimum Gasteiger partial charge on any atom is -0.493 e. The highest BCUT2D eigenvalue weighted by atomic mass is 35.5. The lowest BCUT2D eigenvalue weighted by atomic mass is 10.0. The van der Waals surface area contributed by atoms with E-state index in [2.05, 4.69) is 15.3 Å². The van der Waals surface area contributed by atoms with Crippen LogP contribution in [-0.4, -0.2) is 36.3 Å². The van der Waals surface area contributed by atoms with Crippen LogP contribution in [0.5, 0.6) is 11.5 Å². The van der Waals surface area contributed by atoms with Gasteiger partial charge in [-0.3, -0.25) is 4.90 Å². The Morgan fingerprint density at radius 3 is 2.77 bits per heavy atom. The van der Waals surface area contributed by atoms with E-state index in [1.54, 1.807) is 30.3 Å². The number of benzene rings is 2. The molecule has 2 aromatic carbocycles. The first-order chi connectivity index (χ1) is 15.1. The molecule has 0 aliphatic carbocycles. The molecule has 2 aliphatic rings. The van der Waals surface area contributed by atoms with E-state index in [0.29, 0.717) is 22.8 Å². The van der Waals surface area contributed by atoms with Crippen molar-refractivity contribution < 1.29 is 13.9 Å². The van der Waals surface area contributed by atoms with Crippen LogP contribution >= 0.6 is 23.2 Å². The number of piperidine rings is 1. The number of hydrogen-bond acceptors (Lipinski definition) is 6. The molecule has 0 atom stereocenters. The molecule has 1 fully saturated rings. The van der Waals surface area contributed by atoms with Gasteiger partial charge in [0.1, 0.15) is 18.2 Å². The SMILES string of the molecule is COc1cc2ncnc3c2c(c1OC1CCNCC1)C=CN3c1ccc(Cl)c(Cl)c1F. The molecule has 3 heterocycles. The van der Waals surface area contributed by atoms with E-state index in [0.717, 1.165) is 36.9 Å². The summed E-state index contributed by atoms with van der Waals surface area (Å²) < 4.78 is 26.9. The minimum absolute atomic E-state index is 0.0795. The average molecular weight is 461 g/mol. The summed E-state index contributed by atoms with van der Waals surface area (Å²) in [5.74, 6) is 1.15. The number of aromatic nitrogens is 2. The maximum atomic E-state index is 14.9. The lowest BCUT2D eigenvalue weighted by Crippen LogP contribution is -2.34. The van der Waals surface area contributed by atoms with E-state index in [9.17, 15) is 4.39 Å². The molecule has 0 unspecified atom stereocenters. The third-order valence-corrected chi connectivity index (χ3v) is 6.33. The molecule has 5 rings (SSSR count). The summed E-state index contributed by atoms with van der Waals surface area (Å²) in [5, 5.41) is 4.11. The van der Waals surface area contributed by atoms with Crippen LogP contribution in [0.4, 0.5) is 15.9 Å². The van der Waals surface area contributed by atoms with Crippen molar-refractivity contribution in [2.75, 3.05) is 25.1 Å². The van der Waals surface area contributed by atoms with E-state index >= 15 is 0 Å². The zero-order valence-corrected chi connectivity index (χ0v) is 18.2. The number of rotatable bonds is 4. The van der Waals surface area contributed by atoms with Gasteiger partial charge in [-0.05, 0) is 44.1 Å². The van der Waals surface area contributed by atoms with Crippen molar-refractivity contribution >= 4 is 51.7 Å². The molecule has 9 heteroatoms. The Bertz CT molecular complexity index is 1200. The van der Waals surface area contributed by atoms with Gasteiger partial charge in [0.05, 0.1) is 33.7 Å². The van der Waals surface area contributed by atoms with Crippen molar-refractivity contribution in [3.8, 4) is 11.5 Å². The summed E-state index contributed by atoms with van der Waals surface area (Å²) in [5.41, 5.74) is 1.72. The number of nitrogens with zero attached hydrogens (tertiary/aromatic N) is 3. The first-order valence-corrected chi connectivity index (χ1v) is 10.7. The minimum atomic E-state index is -0.617. The Hall–Kier alpha value is -2.61. The van der Waals surface area contributed by atoms with Crippen LogP contribution in [0, 0.1) is 5.82 Å². The second-order valence-electron chi connectivity index (χ2n) is 7.36. The Morgan fingerprint density at radius 2 is 2.00 bits per heavy atom. The molecule has 1 saturated heterocycles. The van der Waals surface area contributed by atoms with Gasteiger partial charge < -0.3 is 14.8 Å². The van der Waals surface area contributed by atoms with E-state index in [-0.39, 0.29) is 21.8 Å². The van der Waals surface area contributed by atoms with Gasteiger partial charge in [0.2, 0.25) is 0 Å². The second kappa shape index (κ2) is 8.15. The van der Waals surface area contributed by atoms with Crippen molar-refractivity contribution in [2.24, 2.45) is 0 Å². The molecule has 0 saturated carbocycles. The van der Waals surface area contributed by atoms with Gasteiger partial charge in [-0.15, -0.1) is 0 Å². The van der Waals surface area contributed by atoms with Crippen LogP contribution in [0.3, 0.4) is 0 Å². The molecule has 0 radical (unpaired) electrons. The molecule has 31 heavy (non-hydrogen) atoms. The summed E-state index contributed by atoms with van der Waals surface area (Å²) in [6.45, 7) is 1.81. The summed E-state index contributed by atoms with van der Waals surface area (Å²) >= 11 is 12.0. The molecular formula is C22H19Cl2FN4O2. The van der Waals surface area contributed by atoms with Crippen molar-refractivity contribution in [1.29, 1.82) is 0 Å². The first-order valence-electron chi connectivity index (χ1n) is 9.92. The number of halogens is 3. The third-order valence-electron chi connectivity index (χ3n) is 5.55. The molecular weight excluding hydrogens is 442 g/mol. The molecule has 3 aromatic rings. The van der Waals surface area contributed by atoms with E-state index in [4.69, 9.17) is 32.7 Å². The van der Waals surface area contributed by atoms with Gasteiger partial charge in [0.15, 0.2) is 17.3 Å². The monoisotopic (exact) mass is 460 g/mol. The van der Waals surface area contributed by atoms with E-state index in [1.807, 2.05) is 12.1 Å². The predicted octanol–water partition coefficient (Wildman–Crippen LogP) is 5.34. The maximum absolute atomic E-state index is 14.9. The molecule has 1 N–H and O–H groups in total. The fourth-order valence-electron chi connectivity index (χ4n) is 4.00. The molecule has 160 valence electrons. The number of ether oxygens (including phenoxy) is 2. The Morgan fingerprint density at radius 1 is 1.19 bits per heavy atom. The van der Waals surface area contributed by atoms with Crippen molar-refractivity contribution in [3.05, 3.63) is 52.2 Å². The second-order valence-corrected chi connectivity index (χ2v) is 8.15. The smallest absolute Gasteiger partial charge is 0.169 e. The van der Waals surface area contributed by atoms with Crippen molar-refractivity contribution in [1.82, 2.24) is 15.3 Å². The summed E-state index contributed by atoms with van der Waals surface area (Å²) in [6.07, 6.45) is 6.93. The highest BCUT2D eigenvalue weighted by Gasteiger charge is 2.28. The highest BCUT2D eigenvalue weighted by Crippen LogP contribution is 2.46. The molecule has 6 nitrogen and oxygen atoms in total. The predicted molar refractivity (Wildman–Crippen MR) is 120 cm³/mol. The zero-order valence-electron chi connectivity index (χ0n) is 16.7. The first kappa shape index (κ1) is 20.3. The van der Waals surface area contributed by atoms with Crippen molar-refractivity contribution in [3.63, 3.8) is 0 Å². The van der Waals surface area contributed by atoms with Gasteiger partial charge in [0, 0.05) is 17.8 Å². The number of methoxy groups -OCH3 is 1. The fraction of sp³-hybridized carbons (Fsp3) is 0.273. The topological polar surface area (TPSA) is 59.5 Å². The third kappa shape index (κ3) is 3.46. The quantitative estimate of drug-likeness (QED) is 0.530. The molecule has 2 aliphatic heterocycles. The van der Waals surface area contributed by atoms with Crippen LogP contribution < -0.4 is 19.7 Å². The standard InChI is InChI=1S/C22H19Cl2FN4O2/c1-30-17-10-15-18-13(21(17)31-12-4-7-26-8-5-12)6-9-29(22(18)28-11-27-15)16-3-2-14(23)19(24)20(16)25/h2-3,6,9-12,26H,4-5,7-8H2,1H3. The summed E-state index contributed by atoms with van der Waals surface area (Å²) in [6, 6.07) is 4.95. The number of nitrogens with one attached hydrogen (secondary N) is 1. The normalized spacial score (nSPS) is 16.1. The molecule has 0 bridgehead atoms. The highest BCUT2D eigenvalue weighted by molar-refractivity contribution is 6.42. The van der Waals surface area contributed by atoms with Crippen LogP contribution in [-0.2, 0) is 0 Å². The summed E-state index contributed by atoms with van der Waals surface area (Å²) in [4.78, 5) is 10.5. The number of anilines is 2. The van der Waals surface area contributed by atoms with Gasteiger partial charge in [-0.25, -0.2) is 14.4 Å². The van der Waals surface area contributed by atoms with Crippen molar-refractivity contribution in [2.45, 2.75) is 18.9 Å². The van der Waals surface area contributed by atoms with Gasteiger partial charge >= 0.3 is 0 Å². The lowest BCUT2D eigenvalue weighted by molar-refractivity contribution is 0.156. The average Bonchev–Trinajstić information content (AvgIpc) is 2.80. The lowest BCUT2D eigenvalue weighted by Gasteiger charge is -2.29. The van der Waals surface area contributed by atoms with Crippen LogP contribution in [0.1, 0.15) is 18.4 Å². The van der Waals surface area contributed by atoms with Crippen LogP contribution in [0.2, 0.25) is 10.0 Å². The van der Waals surface area contributed by atoms with Gasteiger partial charge in [-0.1, -0.05) is 23.2 Å². The van der Waals surface area contributed by atoms with E-state index in [1.165, 1.54) is 6.33 Å². The van der Waals surface area contributed by atoms with Gasteiger partial charge in [-0.2, -0.15) is 0 Å². The molecule has 0 spiro atoms. The van der Waals surface area contributed by atoms with E-state index < -0.39 is 5.82 Å². The molecule has 0 amide bonds.